The molecule has 1 rings (SSSR count). The summed E-state index contributed by atoms with van der Waals surface area (Å²) in [6, 6.07) is 10.3. The van der Waals surface area contributed by atoms with Crippen molar-refractivity contribution in [3.05, 3.63) is 42.0 Å². The second-order valence-corrected chi connectivity index (χ2v) is 4.13. The third-order valence-corrected chi connectivity index (χ3v) is 3.15. The first kappa shape index (κ1) is 13.5. The van der Waals surface area contributed by atoms with Gasteiger partial charge < -0.3 is 0 Å². The molecule has 0 amide bonds. The van der Waals surface area contributed by atoms with E-state index in [4.69, 9.17) is 6.42 Å². The lowest BCUT2D eigenvalue weighted by molar-refractivity contribution is 0.410. The molecule has 0 aliphatic carbocycles. The summed E-state index contributed by atoms with van der Waals surface area (Å²) in [7, 11) is 0. The van der Waals surface area contributed by atoms with Crippen molar-refractivity contribution in [1.82, 2.24) is 5.32 Å². The van der Waals surface area contributed by atoms with Crippen molar-refractivity contribution in [2.75, 3.05) is 6.54 Å². The molecule has 0 radical (unpaired) electrons. The van der Waals surface area contributed by atoms with Crippen molar-refractivity contribution in [3.63, 3.8) is 0 Å². The standard InChI is InChI=1S/C16H21N/c1-4-16(5-2,6-3)17-14-10-13-15-11-8-7-9-12-15/h1,7-13,17H,5-6,14H2,2-3H3/b13-10+. The fraction of sp³-hybridized carbons (Fsp3) is 0.375. The fourth-order valence-electron chi connectivity index (χ4n) is 1.77. The summed E-state index contributed by atoms with van der Waals surface area (Å²) in [5, 5.41) is 3.43. The first-order chi connectivity index (χ1) is 8.26. The van der Waals surface area contributed by atoms with Crippen LogP contribution in [0.15, 0.2) is 36.4 Å². The molecule has 1 N–H and O–H groups in total. The van der Waals surface area contributed by atoms with E-state index in [2.05, 4.69) is 49.4 Å². The van der Waals surface area contributed by atoms with Crippen molar-refractivity contribution in [2.24, 2.45) is 0 Å². The minimum absolute atomic E-state index is 0.152. The maximum absolute atomic E-state index is 5.59. The third kappa shape index (κ3) is 4.09. The van der Waals surface area contributed by atoms with Gasteiger partial charge in [-0.1, -0.05) is 62.3 Å². The second-order valence-electron chi connectivity index (χ2n) is 4.13. The second kappa shape index (κ2) is 6.93. The molecule has 0 aliphatic heterocycles. The molecule has 0 saturated carbocycles. The summed E-state index contributed by atoms with van der Waals surface area (Å²) in [6.45, 7) is 5.05. The van der Waals surface area contributed by atoms with Gasteiger partial charge >= 0.3 is 0 Å². The van der Waals surface area contributed by atoms with Gasteiger partial charge in [0.2, 0.25) is 0 Å². The number of rotatable bonds is 6. The molecule has 1 heteroatoms. The molecular formula is C16H21N. The minimum Gasteiger partial charge on any atom is -0.298 e. The van der Waals surface area contributed by atoms with Gasteiger partial charge in [-0.15, -0.1) is 6.42 Å². The van der Waals surface area contributed by atoms with Crippen molar-refractivity contribution >= 4 is 6.08 Å². The summed E-state index contributed by atoms with van der Waals surface area (Å²) in [5.74, 6) is 2.87. The Kier molecular flexibility index (Phi) is 5.52. The monoisotopic (exact) mass is 227 g/mol. The maximum Gasteiger partial charge on any atom is 0.0795 e. The van der Waals surface area contributed by atoms with Gasteiger partial charge in [0.1, 0.15) is 0 Å². The Morgan fingerprint density at radius 3 is 2.41 bits per heavy atom. The van der Waals surface area contributed by atoms with Crippen molar-refractivity contribution in [1.29, 1.82) is 0 Å². The maximum atomic E-state index is 5.59. The number of hydrogen-bond donors (Lipinski definition) is 1. The van der Waals surface area contributed by atoms with Crippen LogP contribution in [0.4, 0.5) is 0 Å². The van der Waals surface area contributed by atoms with E-state index in [9.17, 15) is 0 Å². The molecule has 0 bridgehead atoms. The fourth-order valence-corrected chi connectivity index (χ4v) is 1.77. The minimum atomic E-state index is -0.152. The van der Waals surface area contributed by atoms with Gasteiger partial charge in [0, 0.05) is 6.54 Å². The number of hydrogen-bond acceptors (Lipinski definition) is 1. The topological polar surface area (TPSA) is 12.0 Å². The number of terminal acetylenes is 1. The quantitative estimate of drug-likeness (QED) is 0.734. The summed E-state index contributed by atoms with van der Waals surface area (Å²) >= 11 is 0. The zero-order valence-corrected chi connectivity index (χ0v) is 10.7. The van der Waals surface area contributed by atoms with E-state index in [0.717, 1.165) is 19.4 Å². The SMILES string of the molecule is C#CC(CC)(CC)NC/C=C/c1ccccc1. The lowest BCUT2D eigenvalue weighted by atomic mass is 9.94. The highest BCUT2D eigenvalue weighted by atomic mass is 15.0. The van der Waals surface area contributed by atoms with E-state index in [0.29, 0.717) is 0 Å². The highest BCUT2D eigenvalue weighted by Crippen LogP contribution is 2.13. The van der Waals surface area contributed by atoms with Crippen molar-refractivity contribution in [2.45, 2.75) is 32.2 Å². The first-order valence-corrected chi connectivity index (χ1v) is 6.20. The molecule has 0 fully saturated rings. The molecule has 1 nitrogen and oxygen atoms in total. The van der Waals surface area contributed by atoms with E-state index in [1.165, 1.54) is 5.56 Å². The van der Waals surface area contributed by atoms with Gasteiger partial charge in [0.05, 0.1) is 5.54 Å². The lowest BCUT2D eigenvalue weighted by Gasteiger charge is -2.26. The van der Waals surface area contributed by atoms with Crippen molar-refractivity contribution in [3.8, 4) is 12.3 Å². The van der Waals surface area contributed by atoms with Crippen LogP contribution in [0.3, 0.4) is 0 Å². The average molecular weight is 227 g/mol. The zero-order valence-electron chi connectivity index (χ0n) is 10.7. The Hall–Kier alpha value is -1.52. The van der Waals surface area contributed by atoms with Gasteiger partial charge in [0.15, 0.2) is 0 Å². The van der Waals surface area contributed by atoms with E-state index < -0.39 is 0 Å². The van der Waals surface area contributed by atoms with E-state index in [-0.39, 0.29) is 5.54 Å². The van der Waals surface area contributed by atoms with Crippen LogP contribution in [0.1, 0.15) is 32.3 Å². The van der Waals surface area contributed by atoms with Crippen LogP contribution >= 0.6 is 0 Å². The molecule has 1 aromatic rings. The number of benzene rings is 1. The largest absolute Gasteiger partial charge is 0.298 e. The predicted molar refractivity (Wildman–Crippen MR) is 75.6 cm³/mol. The summed E-state index contributed by atoms with van der Waals surface area (Å²) in [5.41, 5.74) is 1.06. The summed E-state index contributed by atoms with van der Waals surface area (Å²) in [4.78, 5) is 0. The third-order valence-electron chi connectivity index (χ3n) is 3.15. The molecule has 90 valence electrons. The van der Waals surface area contributed by atoms with Crippen molar-refractivity contribution < 1.29 is 0 Å². The van der Waals surface area contributed by atoms with Crippen LogP contribution < -0.4 is 5.32 Å². The molecule has 0 saturated heterocycles. The average Bonchev–Trinajstić information content (AvgIpc) is 2.41. The Balaban J connectivity index is 2.47. The Morgan fingerprint density at radius 2 is 1.88 bits per heavy atom. The van der Waals surface area contributed by atoms with E-state index >= 15 is 0 Å². The molecule has 0 heterocycles. The molecule has 0 aromatic heterocycles. The van der Waals surface area contributed by atoms with Crippen LogP contribution in [0, 0.1) is 12.3 Å². The highest BCUT2D eigenvalue weighted by Gasteiger charge is 2.20. The Morgan fingerprint density at radius 1 is 1.24 bits per heavy atom. The Bertz CT molecular complexity index is 380. The molecular weight excluding hydrogens is 206 g/mol. The molecule has 1 aromatic carbocycles. The molecule has 0 unspecified atom stereocenters. The number of nitrogens with one attached hydrogen (secondary N) is 1. The summed E-state index contributed by atoms with van der Waals surface area (Å²) in [6.07, 6.45) is 11.7. The van der Waals surface area contributed by atoms with E-state index in [1.807, 2.05) is 18.2 Å². The molecule has 0 spiro atoms. The molecule has 17 heavy (non-hydrogen) atoms. The lowest BCUT2D eigenvalue weighted by Crippen LogP contribution is -2.42. The van der Waals surface area contributed by atoms with Crippen LogP contribution in [0.25, 0.3) is 6.08 Å². The van der Waals surface area contributed by atoms with Crippen LogP contribution in [0.2, 0.25) is 0 Å². The first-order valence-electron chi connectivity index (χ1n) is 6.20. The van der Waals surface area contributed by atoms with Gasteiger partial charge in [-0.05, 0) is 18.4 Å². The highest BCUT2D eigenvalue weighted by molar-refractivity contribution is 5.48. The normalized spacial score (nSPS) is 11.6. The smallest absolute Gasteiger partial charge is 0.0795 e. The summed E-state index contributed by atoms with van der Waals surface area (Å²) < 4.78 is 0. The van der Waals surface area contributed by atoms with Gasteiger partial charge in [-0.25, -0.2) is 0 Å². The van der Waals surface area contributed by atoms with Crippen LogP contribution in [0.5, 0.6) is 0 Å². The van der Waals surface area contributed by atoms with Gasteiger partial charge in [-0.3, -0.25) is 5.32 Å². The van der Waals surface area contributed by atoms with Gasteiger partial charge in [-0.2, -0.15) is 0 Å². The molecule has 0 atom stereocenters. The van der Waals surface area contributed by atoms with Crippen LogP contribution in [-0.2, 0) is 0 Å². The van der Waals surface area contributed by atoms with Crippen LogP contribution in [-0.4, -0.2) is 12.1 Å². The van der Waals surface area contributed by atoms with E-state index in [1.54, 1.807) is 0 Å². The zero-order chi connectivity index (χ0) is 12.6. The van der Waals surface area contributed by atoms with Gasteiger partial charge in [0.25, 0.3) is 0 Å². The molecule has 0 aliphatic rings. The predicted octanol–water partition coefficient (Wildman–Crippen LogP) is 3.48. The Labute approximate surface area is 105 Å².